The van der Waals surface area contributed by atoms with Crippen LogP contribution in [0.15, 0.2) is 27.6 Å². The van der Waals surface area contributed by atoms with Gasteiger partial charge in [0.25, 0.3) is 0 Å². The Bertz CT molecular complexity index is 292. The van der Waals surface area contributed by atoms with Gasteiger partial charge in [0.2, 0.25) is 0 Å². The van der Waals surface area contributed by atoms with Crippen molar-refractivity contribution in [1.29, 1.82) is 0 Å². The molecule has 1 aliphatic carbocycles. The summed E-state index contributed by atoms with van der Waals surface area (Å²) in [7, 11) is 0. The Hall–Kier alpha value is -0.540. The second-order valence-electron chi connectivity index (χ2n) is 4.02. The second-order valence-corrected chi connectivity index (χ2v) is 4.92. The molecule has 0 bridgehead atoms. The van der Waals surface area contributed by atoms with E-state index in [1.807, 2.05) is 24.9 Å². The molecule has 0 saturated heterocycles. The predicted molar refractivity (Wildman–Crippen MR) is 75.1 cm³/mol. The first-order chi connectivity index (χ1) is 7.81. The third-order valence-corrected chi connectivity index (χ3v) is 3.87. The van der Waals surface area contributed by atoms with Gasteiger partial charge in [-0.25, -0.2) is 0 Å². The number of nitrogens with two attached hydrogens (primary N) is 1. The summed E-state index contributed by atoms with van der Waals surface area (Å²) in [6.45, 7) is 3.57. The van der Waals surface area contributed by atoms with E-state index in [-0.39, 0.29) is 0 Å². The fraction of sp³-hybridized carbons (Fsp3) is 0.615. The third kappa shape index (κ3) is 4.14. The maximum absolute atomic E-state index is 5.74. The largest absolute Gasteiger partial charge is 0.330 e. The van der Waals surface area contributed by atoms with Crippen LogP contribution in [0.25, 0.3) is 0 Å². The van der Waals surface area contributed by atoms with Crippen molar-refractivity contribution in [1.82, 2.24) is 0 Å². The molecule has 0 radical (unpaired) electrons. The van der Waals surface area contributed by atoms with E-state index >= 15 is 0 Å². The maximum atomic E-state index is 5.74. The van der Waals surface area contributed by atoms with Crippen LogP contribution in [-0.2, 0) is 0 Å². The molecule has 0 heterocycles. The smallest absolute Gasteiger partial charge is 0.0569 e. The lowest BCUT2D eigenvalue weighted by atomic mass is 9.89. The van der Waals surface area contributed by atoms with Gasteiger partial charge in [-0.15, -0.1) is 11.8 Å². The van der Waals surface area contributed by atoms with Crippen LogP contribution in [0.4, 0.5) is 0 Å². The highest BCUT2D eigenvalue weighted by Crippen LogP contribution is 2.35. The number of allylic oxidation sites excluding steroid dienone is 3. The van der Waals surface area contributed by atoms with E-state index in [9.17, 15) is 0 Å². The minimum absolute atomic E-state index is 0.688. The van der Waals surface area contributed by atoms with E-state index in [1.54, 1.807) is 0 Å². The Kier molecular flexibility index (Phi) is 6.50. The predicted octanol–water partition coefficient (Wildman–Crippen LogP) is 3.01. The molecule has 1 aliphatic rings. The van der Waals surface area contributed by atoms with E-state index in [0.29, 0.717) is 5.92 Å². The number of rotatable bonds is 5. The summed E-state index contributed by atoms with van der Waals surface area (Å²) < 4.78 is 0. The zero-order chi connectivity index (χ0) is 11.8. The van der Waals surface area contributed by atoms with Crippen molar-refractivity contribution in [2.75, 3.05) is 19.3 Å². The fourth-order valence-electron chi connectivity index (χ4n) is 1.95. The zero-order valence-corrected chi connectivity index (χ0v) is 11.1. The molecule has 0 aromatic heterocycles. The summed E-state index contributed by atoms with van der Waals surface area (Å²) in [6, 6.07) is 0. The molecule has 0 aromatic rings. The summed E-state index contributed by atoms with van der Waals surface area (Å²) in [5.41, 5.74) is 7.23. The van der Waals surface area contributed by atoms with Crippen molar-refractivity contribution in [2.24, 2.45) is 16.6 Å². The van der Waals surface area contributed by atoms with Crippen molar-refractivity contribution in [3.63, 3.8) is 0 Å². The lowest BCUT2D eigenvalue weighted by Gasteiger charge is -2.24. The minimum atomic E-state index is 0.688. The molecule has 0 fully saturated rings. The number of thioether (sulfide) groups is 1. The van der Waals surface area contributed by atoms with E-state index in [0.717, 1.165) is 19.5 Å². The van der Waals surface area contributed by atoms with Crippen LogP contribution >= 0.6 is 11.8 Å². The average Bonchev–Trinajstić information content (AvgIpc) is 2.34. The minimum Gasteiger partial charge on any atom is -0.330 e. The highest BCUT2D eigenvalue weighted by Gasteiger charge is 2.17. The first kappa shape index (κ1) is 13.5. The maximum Gasteiger partial charge on any atom is 0.0569 e. The van der Waals surface area contributed by atoms with Gasteiger partial charge in [-0.1, -0.05) is 12.2 Å². The van der Waals surface area contributed by atoms with Crippen LogP contribution in [-0.4, -0.2) is 25.6 Å². The molecule has 0 aromatic carbocycles. The summed E-state index contributed by atoms with van der Waals surface area (Å²) in [5.74, 6) is 0.688. The van der Waals surface area contributed by atoms with Gasteiger partial charge >= 0.3 is 0 Å². The highest BCUT2D eigenvalue weighted by molar-refractivity contribution is 8.02. The van der Waals surface area contributed by atoms with Gasteiger partial charge < -0.3 is 5.73 Å². The van der Waals surface area contributed by atoms with Gasteiger partial charge in [-0.3, -0.25) is 4.99 Å². The number of hydrogen-bond donors (Lipinski definition) is 1. The van der Waals surface area contributed by atoms with Crippen LogP contribution in [0, 0.1) is 5.92 Å². The summed E-state index contributed by atoms with van der Waals surface area (Å²) in [4.78, 5) is 5.69. The number of hydrogen-bond acceptors (Lipinski definition) is 3. The van der Waals surface area contributed by atoms with E-state index in [2.05, 4.69) is 23.4 Å². The lowest BCUT2D eigenvalue weighted by molar-refractivity contribution is 0.480. The van der Waals surface area contributed by atoms with Crippen molar-refractivity contribution >= 4 is 18.0 Å². The Morgan fingerprint density at radius 2 is 2.38 bits per heavy atom. The second kappa shape index (κ2) is 7.69. The summed E-state index contributed by atoms with van der Waals surface area (Å²) in [6.07, 6.45) is 12.0. The molecule has 1 rings (SSSR count). The van der Waals surface area contributed by atoms with Crippen LogP contribution < -0.4 is 5.73 Å². The van der Waals surface area contributed by atoms with Crippen LogP contribution in [0.1, 0.15) is 26.2 Å². The van der Waals surface area contributed by atoms with Gasteiger partial charge in [0.05, 0.1) is 6.54 Å². The molecule has 0 aliphatic heterocycles. The molecular weight excluding hydrogens is 216 g/mol. The normalized spacial score (nSPS) is 22.6. The Balaban J connectivity index is 2.61. The SMILES string of the molecule is C/C=N\C/C=C/C1=C(SC)CC(CN)CC1. The van der Waals surface area contributed by atoms with Crippen LogP contribution in [0.5, 0.6) is 0 Å². The molecule has 0 spiro atoms. The lowest BCUT2D eigenvalue weighted by Crippen LogP contribution is -2.18. The molecule has 16 heavy (non-hydrogen) atoms. The van der Waals surface area contributed by atoms with Crippen molar-refractivity contribution in [3.8, 4) is 0 Å². The fourth-order valence-corrected chi connectivity index (χ4v) is 2.78. The standard InChI is InChI=1S/C13H22N2S/c1-3-15-8-4-5-12-7-6-11(10-14)9-13(12)16-2/h3-5,11H,6-10,14H2,1-2H3/b5-4+,15-3-. The van der Waals surface area contributed by atoms with E-state index in [4.69, 9.17) is 5.73 Å². The van der Waals surface area contributed by atoms with Gasteiger partial charge in [0, 0.05) is 0 Å². The molecule has 2 N–H and O–H groups in total. The molecule has 3 heteroatoms. The summed E-state index contributed by atoms with van der Waals surface area (Å²) >= 11 is 1.87. The third-order valence-electron chi connectivity index (χ3n) is 2.95. The molecule has 0 amide bonds. The molecule has 1 unspecified atom stereocenters. The molecule has 90 valence electrons. The van der Waals surface area contributed by atoms with E-state index < -0.39 is 0 Å². The monoisotopic (exact) mass is 238 g/mol. The van der Waals surface area contributed by atoms with Gasteiger partial charge in [-0.2, -0.15) is 0 Å². The van der Waals surface area contributed by atoms with Crippen molar-refractivity contribution < 1.29 is 0 Å². The first-order valence-corrected chi connectivity index (χ1v) is 7.11. The molecule has 1 atom stereocenters. The number of nitrogens with zero attached hydrogens (tertiary/aromatic N) is 1. The Labute approximate surface area is 103 Å². The quantitative estimate of drug-likeness (QED) is 0.748. The molecule has 2 nitrogen and oxygen atoms in total. The van der Waals surface area contributed by atoms with Crippen molar-refractivity contribution in [2.45, 2.75) is 26.2 Å². The molecule has 0 saturated carbocycles. The average molecular weight is 238 g/mol. The topological polar surface area (TPSA) is 38.4 Å². The van der Waals surface area contributed by atoms with Gasteiger partial charge in [0.15, 0.2) is 0 Å². The van der Waals surface area contributed by atoms with Crippen LogP contribution in [0.3, 0.4) is 0 Å². The van der Waals surface area contributed by atoms with Crippen molar-refractivity contribution in [3.05, 3.63) is 22.6 Å². The van der Waals surface area contributed by atoms with Crippen LogP contribution in [0.2, 0.25) is 0 Å². The highest BCUT2D eigenvalue weighted by atomic mass is 32.2. The first-order valence-electron chi connectivity index (χ1n) is 5.88. The number of aliphatic imine (C=N–C) groups is 1. The Morgan fingerprint density at radius 3 is 3.00 bits per heavy atom. The summed E-state index contributed by atoms with van der Waals surface area (Å²) in [5, 5.41) is 0. The van der Waals surface area contributed by atoms with E-state index in [1.165, 1.54) is 23.3 Å². The Morgan fingerprint density at radius 1 is 1.56 bits per heavy atom. The zero-order valence-electron chi connectivity index (χ0n) is 10.3. The van der Waals surface area contributed by atoms with Gasteiger partial charge in [0.1, 0.15) is 0 Å². The molecular formula is C13H22N2S. The van der Waals surface area contributed by atoms with Gasteiger partial charge in [-0.05, 0) is 61.6 Å².